The SMILES string of the molecule is Cc1cc[c]([Sb]([c]2ccc(C)cc2)[c]2ccc(C)cc2)cc1.O=C1C2C(C(=O)N1O)[C@H]1CC[C@@H]2O1.O=C1C2C(C(=O)N1O)[C@H]1CC[C@@H]2O1. The molecule has 0 aromatic heterocycles. The van der Waals surface area contributed by atoms with Crippen LogP contribution in [0.15, 0.2) is 72.8 Å². The number of amides is 4. The minimum absolute atomic E-state index is 0.136. The van der Waals surface area contributed by atoms with Gasteiger partial charge >= 0.3 is 141 Å². The zero-order valence-corrected chi connectivity index (χ0v) is 29.6. The van der Waals surface area contributed by atoms with E-state index in [9.17, 15) is 19.2 Å². The zero-order chi connectivity index (χ0) is 33.9. The molecule has 3 aromatic carbocycles. The Morgan fingerprint density at radius 1 is 0.479 bits per heavy atom. The third-order valence-corrected chi connectivity index (χ3v) is 17.4. The van der Waals surface area contributed by atoms with Crippen molar-refractivity contribution in [3.8, 4) is 0 Å². The number of carbonyl (C=O) groups excluding carboxylic acids is 4. The summed E-state index contributed by atoms with van der Waals surface area (Å²) in [6.07, 6.45) is 2.79. The first-order chi connectivity index (χ1) is 23.0. The van der Waals surface area contributed by atoms with Crippen molar-refractivity contribution in [3.05, 3.63) is 89.5 Å². The second kappa shape index (κ2) is 13.1. The van der Waals surface area contributed by atoms with Crippen LogP contribution < -0.4 is 10.5 Å². The molecule has 6 aliphatic rings. The van der Waals surface area contributed by atoms with E-state index in [1.165, 1.54) is 27.2 Å². The van der Waals surface area contributed by atoms with Gasteiger partial charge < -0.3 is 9.47 Å². The van der Waals surface area contributed by atoms with Gasteiger partial charge in [0.2, 0.25) is 0 Å². The fraction of sp³-hybridized carbons (Fsp3) is 0.405. The summed E-state index contributed by atoms with van der Waals surface area (Å²) in [5.74, 6) is -3.56. The van der Waals surface area contributed by atoms with Gasteiger partial charge in [0.05, 0.1) is 48.1 Å². The van der Waals surface area contributed by atoms with Crippen molar-refractivity contribution >= 4 is 54.4 Å². The van der Waals surface area contributed by atoms with E-state index < -0.39 is 67.5 Å². The molecule has 6 aliphatic heterocycles. The van der Waals surface area contributed by atoms with E-state index >= 15 is 0 Å². The minimum atomic E-state index is -1.90. The maximum Gasteiger partial charge on any atom is 0.259 e. The average Bonchev–Trinajstić information content (AvgIpc) is 3.95. The van der Waals surface area contributed by atoms with Gasteiger partial charge in [-0.1, -0.05) is 0 Å². The van der Waals surface area contributed by atoms with Crippen LogP contribution in [-0.2, 0) is 28.7 Å². The standard InChI is InChI=1S/2C8H9NO4.3C7H7.Sb/c2*10-7-5-3-1-2-4(13-3)6(5)8(11)9(7)12;3*1-7-5-3-2-4-6-7;/h2*3-6,12H,1-2H2;3*3-6H,1H3;/t2*3-,4+,5?,6?;;;;. The molecule has 0 radical (unpaired) electrons. The number of carbonyl (C=O) groups is 4. The largest absolute Gasteiger partial charge is 0.373 e. The van der Waals surface area contributed by atoms with Gasteiger partial charge in [0.1, 0.15) is 0 Å². The number of hydrogen-bond donors (Lipinski definition) is 2. The number of rotatable bonds is 3. The van der Waals surface area contributed by atoms with Gasteiger partial charge in [0.25, 0.3) is 23.6 Å². The summed E-state index contributed by atoms with van der Waals surface area (Å²) in [4.78, 5) is 45.4. The summed E-state index contributed by atoms with van der Waals surface area (Å²) >= 11 is -1.90. The van der Waals surface area contributed by atoms with Gasteiger partial charge in [-0.3, -0.25) is 29.6 Å². The molecule has 11 heteroatoms. The molecule has 48 heavy (non-hydrogen) atoms. The Morgan fingerprint density at radius 3 is 0.938 bits per heavy atom. The van der Waals surface area contributed by atoms with Gasteiger partial charge in [-0.05, 0) is 25.7 Å². The molecule has 6 fully saturated rings. The molecular weight excluding hydrogens is 722 g/mol. The molecule has 6 saturated heterocycles. The summed E-state index contributed by atoms with van der Waals surface area (Å²) in [5.41, 5.74) is 3.99. The topological polar surface area (TPSA) is 134 Å². The number of benzene rings is 3. The van der Waals surface area contributed by atoms with Crippen LogP contribution in [0.3, 0.4) is 0 Å². The predicted molar refractivity (Wildman–Crippen MR) is 175 cm³/mol. The Kier molecular flexibility index (Phi) is 9.06. The molecule has 10 nitrogen and oxygen atoms in total. The number of imide groups is 2. The van der Waals surface area contributed by atoms with Crippen molar-refractivity contribution < 1.29 is 39.1 Å². The van der Waals surface area contributed by atoms with Gasteiger partial charge in [0, 0.05) is 0 Å². The molecular formula is C37H39N2O8Sb. The molecule has 8 atom stereocenters. The third kappa shape index (κ3) is 5.81. The fourth-order valence-corrected chi connectivity index (χ4v) is 14.3. The van der Waals surface area contributed by atoms with Crippen LogP contribution in [0.2, 0.25) is 0 Å². The van der Waals surface area contributed by atoms with Crippen molar-refractivity contribution in [2.75, 3.05) is 0 Å². The van der Waals surface area contributed by atoms with Crippen molar-refractivity contribution in [2.45, 2.75) is 70.9 Å². The number of fused-ring (bicyclic) bond motifs is 10. The maximum absolute atomic E-state index is 11.4. The van der Waals surface area contributed by atoms with Gasteiger partial charge in [0.15, 0.2) is 0 Å². The second-order valence-electron chi connectivity index (χ2n) is 13.5. The number of nitrogens with zero attached hydrogens (tertiary/aromatic N) is 2. The minimum Gasteiger partial charge on any atom is -0.373 e. The van der Waals surface area contributed by atoms with Crippen LogP contribution in [0.4, 0.5) is 0 Å². The molecule has 3 aromatic rings. The smallest absolute Gasteiger partial charge is 0.259 e. The third-order valence-electron chi connectivity index (χ3n) is 10.4. The summed E-state index contributed by atoms with van der Waals surface area (Å²) in [6, 6.07) is 27.5. The Morgan fingerprint density at radius 2 is 0.708 bits per heavy atom. The Labute approximate surface area is 286 Å². The number of hydrogen-bond acceptors (Lipinski definition) is 8. The molecule has 2 N–H and O–H groups in total. The van der Waals surface area contributed by atoms with E-state index in [1.807, 2.05) is 0 Å². The first kappa shape index (κ1) is 33.1. The number of hydroxylamine groups is 4. The first-order valence-electron chi connectivity index (χ1n) is 16.5. The van der Waals surface area contributed by atoms with Gasteiger partial charge in [-0.15, -0.1) is 0 Å². The summed E-state index contributed by atoms with van der Waals surface area (Å²) in [5, 5.41) is 18.8. The van der Waals surface area contributed by atoms with E-state index in [0.29, 0.717) is 0 Å². The van der Waals surface area contributed by atoms with Crippen molar-refractivity contribution in [1.29, 1.82) is 0 Å². The molecule has 4 bridgehead atoms. The first-order valence-corrected chi connectivity index (χ1v) is 20.3. The number of ether oxygens (including phenoxy) is 2. The monoisotopic (exact) mass is 760 g/mol. The van der Waals surface area contributed by atoms with E-state index in [1.54, 1.807) is 0 Å². The van der Waals surface area contributed by atoms with E-state index in [2.05, 4.69) is 93.6 Å². The Hall–Kier alpha value is -3.40. The second-order valence-corrected chi connectivity index (χ2v) is 19.8. The molecule has 0 spiro atoms. The van der Waals surface area contributed by atoms with E-state index in [4.69, 9.17) is 19.9 Å². The van der Waals surface area contributed by atoms with Crippen molar-refractivity contribution in [3.63, 3.8) is 0 Å². The van der Waals surface area contributed by atoms with Crippen LogP contribution in [0.5, 0.6) is 0 Å². The number of aryl methyl sites for hydroxylation is 3. The Bertz CT molecular complexity index is 1510. The van der Waals surface area contributed by atoms with Crippen LogP contribution in [0.1, 0.15) is 42.4 Å². The Balaban J connectivity index is 0.000000120. The van der Waals surface area contributed by atoms with Crippen LogP contribution in [0, 0.1) is 44.4 Å². The van der Waals surface area contributed by atoms with E-state index in [-0.39, 0.29) is 34.5 Å². The van der Waals surface area contributed by atoms with Gasteiger partial charge in [-0.2, -0.15) is 10.1 Å². The molecule has 4 amide bonds. The van der Waals surface area contributed by atoms with E-state index in [0.717, 1.165) is 25.7 Å². The summed E-state index contributed by atoms with van der Waals surface area (Å²) in [6.45, 7) is 6.47. The average molecular weight is 761 g/mol. The zero-order valence-electron chi connectivity index (χ0n) is 27.1. The summed E-state index contributed by atoms with van der Waals surface area (Å²) in [7, 11) is 0. The predicted octanol–water partition coefficient (Wildman–Crippen LogP) is 2.20. The molecule has 9 rings (SSSR count). The molecule has 250 valence electrons. The molecule has 0 aliphatic carbocycles. The summed E-state index contributed by atoms with van der Waals surface area (Å²) < 4.78 is 15.5. The quantitative estimate of drug-likeness (QED) is 0.236. The maximum atomic E-state index is 11.4. The normalized spacial score (nSPS) is 30.8. The van der Waals surface area contributed by atoms with Crippen molar-refractivity contribution in [1.82, 2.24) is 10.1 Å². The van der Waals surface area contributed by atoms with Crippen molar-refractivity contribution in [2.24, 2.45) is 23.7 Å². The fourth-order valence-electron chi connectivity index (χ4n) is 7.92. The van der Waals surface area contributed by atoms with Crippen LogP contribution >= 0.6 is 0 Å². The van der Waals surface area contributed by atoms with Crippen LogP contribution in [-0.4, -0.2) is 88.8 Å². The van der Waals surface area contributed by atoms with Crippen LogP contribution in [0.25, 0.3) is 0 Å². The van der Waals surface area contributed by atoms with Gasteiger partial charge in [-0.25, -0.2) is 0 Å². The molecule has 0 saturated carbocycles. The molecule has 4 unspecified atom stereocenters. The molecule has 6 heterocycles.